The van der Waals surface area contributed by atoms with Gasteiger partial charge in [0.1, 0.15) is 17.4 Å². The maximum atomic E-state index is 12.8. The van der Waals surface area contributed by atoms with Crippen molar-refractivity contribution in [1.82, 2.24) is 4.98 Å². The standard InChI is InChI=1S/C25H24F3NO5S/c1-15-21(35-22(29-15)18-5-7-19(8-6-18)25(26,27)28)14-32-20-9-3-16(4-10-20)11-17-12-33-24(2,23(30)31)34-13-17/h3-10,17H,11-14H2,1-2H3,(H,30,31). The van der Waals surface area contributed by atoms with Crippen LogP contribution in [0.2, 0.25) is 0 Å². The summed E-state index contributed by atoms with van der Waals surface area (Å²) in [5.41, 5.74) is 1.75. The van der Waals surface area contributed by atoms with Gasteiger partial charge in [0.25, 0.3) is 5.79 Å². The van der Waals surface area contributed by atoms with E-state index in [1.807, 2.05) is 31.2 Å². The largest absolute Gasteiger partial charge is 0.488 e. The number of ether oxygens (including phenoxy) is 3. The molecule has 0 spiro atoms. The predicted octanol–water partition coefficient (Wildman–Crippen LogP) is 5.72. The molecule has 0 saturated carbocycles. The first-order valence-electron chi connectivity index (χ1n) is 10.9. The van der Waals surface area contributed by atoms with Crippen LogP contribution in [0.15, 0.2) is 48.5 Å². The van der Waals surface area contributed by atoms with Crippen LogP contribution in [0.4, 0.5) is 13.2 Å². The van der Waals surface area contributed by atoms with Crippen molar-refractivity contribution < 1.29 is 37.3 Å². The van der Waals surface area contributed by atoms with Crippen molar-refractivity contribution in [3.05, 3.63) is 70.2 Å². The number of aryl methyl sites for hydroxylation is 1. The van der Waals surface area contributed by atoms with E-state index in [9.17, 15) is 18.0 Å². The van der Waals surface area contributed by atoms with Crippen molar-refractivity contribution in [3.63, 3.8) is 0 Å². The van der Waals surface area contributed by atoms with Gasteiger partial charge in [-0.1, -0.05) is 24.3 Å². The Kier molecular flexibility index (Phi) is 7.16. The summed E-state index contributed by atoms with van der Waals surface area (Å²) in [5.74, 6) is -2.00. The Morgan fingerprint density at radius 1 is 1.14 bits per heavy atom. The molecule has 1 aliphatic rings. The maximum Gasteiger partial charge on any atom is 0.416 e. The van der Waals surface area contributed by atoms with Crippen molar-refractivity contribution >= 4 is 17.3 Å². The molecule has 1 saturated heterocycles. The summed E-state index contributed by atoms with van der Waals surface area (Å²) >= 11 is 1.39. The van der Waals surface area contributed by atoms with Gasteiger partial charge in [0, 0.05) is 18.4 Å². The molecule has 0 bridgehead atoms. The van der Waals surface area contributed by atoms with E-state index in [2.05, 4.69) is 4.98 Å². The second-order valence-electron chi connectivity index (χ2n) is 8.48. The number of carbonyl (C=O) groups is 1. The Bertz CT molecular complexity index is 1170. The van der Waals surface area contributed by atoms with E-state index in [-0.39, 0.29) is 5.92 Å². The zero-order chi connectivity index (χ0) is 25.2. The molecule has 6 nitrogen and oxygen atoms in total. The van der Waals surface area contributed by atoms with Crippen molar-refractivity contribution in [2.24, 2.45) is 5.92 Å². The van der Waals surface area contributed by atoms with Crippen LogP contribution in [0.1, 0.15) is 28.6 Å². The minimum absolute atomic E-state index is 0.0534. The number of nitrogens with zero attached hydrogens (tertiary/aromatic N) is 1. The molecule has 2 aromatic carbocycles. The third-order valence-corrected chi connectivity index (χ3v) is 6.93. The highest BCUT2D eigenvalue weighted by Gasteiger charge is 2.40. The highest BCUT2D eigenvalue weighted by atomic mass is 32.1. The van der Waals surface area contributed by atoms with Crippen LogP contribution in [-0.4, -0.2) is 35.1 Å². The highest BCUT2D eigenvalue weighted by Crippen LogP contribution is 2.33. The molecule has 1 fully saturated rings. The number of rotatable bonds is 7. The Morgan fingerprint density at radius 2 is 1.77 bits per heavy atom. The van der Waals surface area contributed by atoms with E-state index in [0.717, 1.165) is 28.3 Å². The lowest BCUT2D eigenvalue weighted by Crippen LogP contribution is -2.48. The van der Waals surface area contributed by atoms with Gasteiger partial charge >= 0.3 is 12.1 Å². The van der Waals surface area contributed by atoms with E-state index in [4.69, 9.17) is 19.3 Å². The molecule has 0 unspecified atom stereocenters. The highest BCUT2D eigenvalue weighted by molar-refractivity contribution is 7.15. The normalized spacial score (nSPS) is 20.5. The monoisotopic (exact) mass is 507 g/mol. The van der Waals surface area contributed by atoms with Crippen molar-refractivity contribution in [2.45, 2.75) is 38.8 Å². The summed E-state index contributed by atoms with van der Waals surface area (Å²) in [5, 5.41) is 9.79. The van der Waals surface area contributed by atoms with E-state index in [1.54, 1.807) is 0 Å². The number of carboxylic acids is 1. The molecular weight excluding hydrogens is 483 g/mol. The van der Waals surface area contributed by atoms with Crippen LogP contribution in [0, 0.1) is 12.8 Å². The lowest BCUT2D eigenvalue weighted by Gasteiger charge is -2.34. The molecule has 2 heterocycles. The molecule has 35 heavy (non-hydrogen) atoms. The lowest BCUT2D eigenvalue weighted by molar-refractivity contribution is -0.270. The number of halogens is 3. The summed E-state index contributed by atoms with van der Waals surface area (Å²) < 4.78 is 55.0. The third kappa shape index (κ3) is 6.01. The van der Waals surface area contributed by atoms with Gasteiger partial charge in [0.2, 0.25) is 0 Å². The van der Waals surface area contributed by atoms with Crippen LogP contribution < -0.4 is 4.74 Å². The number of aromatic nitrogens is 1. The molecule has 0 amide bonds. The fourth-order valence-electron chi connectivity index (χ4n) is 3.58. The molecular formula is C25H24F3NO5S. The molecule has 4 rings (SSSR count). The van der Waals surface area contributed by atoms with Gasteiger partial charge in [-0.3, -0.25) is 0 Å². The van der Waals surface area contributed by atoms with Crippen LogP contribution in [0.3, 0.4) is 0 Å². The van der Waals surface area contributed by atoms with Gasteiger partial charge in [0.15, 0.2) is 0 Å². The van der Waals surface area contributed by atoms with E-state index >= 15 is 0 Å². The quantitative estimate of drug-likeness (QED) is 0.441. The summed E-state index contributed by atoms with van der Waals surface area (Å²) in [4.78, 5) is 16.6. The second kappa shape index (κ2) is 9.96. The first kappa shape index (κ1) is 25.2. The Hall–Kier alpha value is -2.95. The van der Waals surface area contributed by atoms with E-state index < -0.39 is 23.5 Å². The van der Waals surface area contributed by atoms with Gasteiger partial charge in [-0.15, -0.1) is 11.3 Å². The Morgan fingerprint density at radius 3 is 2.34 bits per heavy atom. The van der Waals surface area contributed by atoms with Gasteiger partial charge in [-0.05, 0) is 43.2 Å². The van der Waals surface area contributed by atoms with Crippen LogP contribution in [0.5, 0.6) is 5.75 Å². The first-order valence-corrected chi connectivity index (χ1v) is 11.7. The number of hydrogen-bond donors (Lipinski definition) is 1. The van der Waals surface area contributed by atoms with E-state index in [0.29, 0.717) is 42.6 Å². The number of hydrogen-bond acceptors (Lipinski definition) is 6. The first-order chi connectivity index (χ1) is 16.5. The summed E-state index contributed by atoms with van der Waals surface area (Å²) in [6.07, 6.45) is -3.69. The van der Waals surface area contributed by atoms with Gasteiger partial charge in [0.05, 0.1) is 29.3 Å². The lowest BCUT2D eigenvalue weighted by atomic mass is 9.99. The van der Waals surface area contributed by atoms with Crippen LogP contribution in [-0.2, 0) is 33.5 Å². The molecule has 0 aliphatic carbocycles. The number of carboxylic acid groups (broad SMARTS) is 1. The summed E-state index contributed by atoms with van der Waals surface area (Å²) in [7, 11) is 0. The van der Waals surface area contributed by atoms with Crippen molar-refractivity contribution in [1.29, 1.82) is 0 Å². The fraction of sp³-hybridized carbons (Fsp3) is 0.360. The predicted molar refractivity (Wildman–Crippen MR) is 123 cm³/mol. The zero-order valence-corrected chi connectivity index (χ0v) is 19.9. The molecule has 0 radical (unpaired) electrons. The zero-order valence-electron chi connectivity index (χ0n) is 19.1. The second-order valence-corrected chi connectivity index (χ2v) is 9.56. The van der Waals surface area contributed by atoms with Gasteiger partial charge < -0.3 is 19.3 Å². The smallest absolute Gasteiger partial charge is 0.416 e. The molecule has 1 N–H and O–H groups in total. The van der Waals surface area contributed by atoms with Gasteiger partial charge in [-0.2, -0.15) is 13.2 Å². The van der Waals surface area contributed by atoms with Gasteiger partial charge in [-0.25, -0.2) is 9.78 Å². The van der Waals surface area contributed by atoms with E-state index in [1.165, 1.54) is 30.4 Å². The SMILES string of the molecule is Cc1nc(-c2ccc(C(F)(F)F)cc2)sc1COc1ccc(CC2COC(C)(C(=O)O)OC2)cc1. The molecule has 3 aromatic rings. The number of benzene rings is 2. The number of thiazole rings is 1. The number of alkyl halides is 3. The van der Waals surface area contributed by atoms with Crippen LogP contribution in [0.25, 0.3) is 10.6 Å². The molecule has 1 aromatic heterocycles. The van der Waals surface area contributed by atoms with Crippen molar-refractivity contribution in [3.8, 4) is 16.3 Å². The third-order valence-electron chi connectivity index (χ3n) is 5.75. The summed E-state index contributed by atoms with van der Waals surface area (Å²) in [6, 6.07) is 12.5. The molecule has 10 heteroatoms. The Balaban J connectivity index is 1.32. The number of aliphatic carboxylic acids is 1. The Labute approximate surface area is 204 Å². The molecule has 186 valence electrons. The summed E-state index contributed by atoms with van der Waals surface area (Å²) in [6.45, 7) is 4.13. The van der Waals surface area contributed by atoms with Crippen molar-refractivity contribution in [2.75, 3.05) is 13.2 Å². The topological polar surface area (TPSA) is 77.9 Å². The fourth-order valence-corrected chi connectivity index (χ4v) is 4.56. The average molecular weight is 508 g/mol. The molecule has 1 aliphatic heterocycles. The van der Waals surface area contributed by atoms with Crippen LogP contribution >= 0.6 is 11.3 Å². The minimum Gasteiger partial charge on any atom is -0.488 e. The molecule has 0 atom stereocenters. The maximum absolute atomic E-state index is 12.8. The minimum atomic E-state index is -4.37. The average Bonchev–Trinajstić information content (AvgIpc) is 3.20.